The number of hydrogen-bond acceptors (Lipinski definition) is 3. The summed E-state index contributed by atoms with van der Waals surface area (Å²) < 4.78 is 5.70. The van der Waals surface area contributed by atoms with Crippen molar-refractivity contribution in [2.75, 3.05) is 20.2 Å². The van der Waals surface area contributed by atoms with E-state index in [0.717, 1.165) is 25.0 Å². The van der Waals surface area contributed by atoms with E-state index in [1.54, 1.807) is 0 Å². The van der Waals surface area contributed by atoms with E-state index in [-0.39, 0.29) is 0 Å². The van der Waals surface area contributed by atoms with E-state index in [2.05, 4.69) is 24.5 Å². The Morgan fingerprint density at radius 2 is 2.23 bits per heavy atom. The summed E-state index contributed by atoms with van der Waals surface area (Å²) in [5.74, 6) is 1.44. The lowest BCUT2D eigenvalue weighted by Gasteiger charge is -2.16. The maximum absolute atomic E-state index is 5.70. The molecule has 2 N–H and O–H groups in total. The van der Waals surface area contributed by atoms with Crippen molar-refractivity contribution in [1.82, 2.24) is 10.6 Å². The maximum atomic E-state index is 5.70. The summed E-state index contributed by atoms with van der Waals surface area (Å²) in [4.78, 5) is 0. The van der Waals surface area contributed by atoms with E-state index >= 15 is 0 Å². The molecule has 0 bridgehead atoms. The molecule has 0 aromatic carbocycles. The van der Waals surface area contributed by atoms with Gasteiger partial charge in [-0.2, -0.15) is 0 Å². The van der Waals surface area contributed by atoms with Crippen LogP contribution in [0.3, 0.4) is 0 Å². The first-order chi connectivity index (χ1) is 6.24. The second-order valence-electron chi connectivity index (χ2n) is 4.40. The van der Waals surface area contributed by atoms with Crippen LogP contribution in [0.15, 0.2) is 0 Å². The highest BCUT2D eigenvalue weighted by Gasteiger charge is 2.47. The van der Waals surface area contributed by atoms with E-state index in [1.165, 1.54) is 0 Å². The molecule has 2 rings (SSSR count). The van der Waals surface area contributed by atoms with Crippen LogP contribution in [0.4, 0.5) is 0 Å². The van der Waals surface area contributed by atoms with Crippen molar-refractivity contribution in [3.05, 3.63) is 0 Å². The average Bonchev–Trinajstić information content (AvgIpc) is 2.58. The first kappa shape index (κ1) is 9.44. The molecule has 2 aliphatic heterocycles. The second-order valence-corrected chi connectivity index (χ2v) is 4.40. The molecule has 0 spiro atoms. The molecule has 0 aliphatic carbocycles. The molecule has 0 aromatic heterocycles. The highest BCUT2D eigenvalue weighted by atomic mass is 16.5. The Bertz CT molecular complexity index is 186. The molecule has 0 aromatic rings. The smallest absolute Gasteiger partial charge is 0.0594 e. The van der Waals surface area contributed by atoms with Crippen molar-refractivity contribution in [2.24, 2.45) is 11.8 Å². The van der Waals surface area contributed by atoms with Crippen LogP contribution < -0.4 is 10.6 Å². The minimum atomic E-state index is 0.439. The van der Waals surface area contributed by atoms with Crippen molar-refractivity contribution in [1.29, 1.82) is 0 Å². The van der Waals surface area contributed by atoms with Gasteiger partial charge in [-0.3, -0.25) is 0 Å². The van der Waals surface area contributed by atoms with Crippen LogP contribution in [0.5, 0.6) is 0 Å². The molecule has 2 fully saturated rings. The molecular weight excluding hydrogens is 164 g/mol. The van der Waals surface area contributed by atoms with E-state index < -0.39 is 0 Å². The monoisotopic (exact) mass is 184 g/mol. The fourth-order valence-electron chi connectivity index (χ4n) is 3.00. The second kappa shape index (κ2) is 3.56. The number of nitrogens with one attached hydrogen (secondary N) is 2. The molecule has 2 heterocycles. The van der Waals surface area contributed by atoms with Crippen LogP contribution >= 0.6 is 0 Å². The fraction of sp³-hybridized carbons (Fsp3) is 1.00. The quantitative estimate of drug-likeness (QED) is 0.644. The van der Waals surface area contributed by atoms with Gasteiger partial charge in [-0.05, 0) is 20.9 Å². The Labute approximate surface area is 80.2 Å². The molecule has 0 radical (unpaired) electrons. The molecule has 13 heavy (non-hydrogen) atoms. The molecule has 0 saturated carbocycles. The molecule has 5 atom stereocenters. The number of fused-ring (bicyclic) bond motifs is 1. The number of ether oxygens (including phenoxy) is 1. The average molecular weight is 184 g/mol. The van der Waals surface area contributed by atoms with Gasteiger partial charge in [0.25, 0.3) is 0 Å². The van der Waals surface area contributed by atoms with E-state index in [4.69, 9.17) is 4.74 Å². The minimum Gasteiger partial charge on any atom is -0.378 e. The molecule has 2 aliphatic rings. The predicted molar refractivity (Wildman–Crippen MR) is 52.7 cm³/mol. The highest BCUT2D eigenvalue weighted by Crippen LogP contribution is 2.36. The summed E-state index contributed by atoms with van der Waals surface area (Å²) in [6.07, 6.45) is 0.439. The van der Waals surface area contributed by atoms with Crippen LogP contribution in [-0.2, 0) is 4.74 Å². The zero-order valence-corrected chi connectivity index (χ0v) is 8.71. The molecule has 76 valence electrons. The molecular formula is C10H20N2O. The summed E-state index contributed by atoms with van der Waals surface area (Å²) in [5, 5.41) is 6.88. The first-order valence-electron chi connectivity index (χ1n) is 5.26. The fourth-order valence-corrected chi connectivity index (χ4v) is 3.00. The van der Waals surface area contributed by atoms with Crippen molar-refractivity contribution in [3.8, 4) is 0 Å². The van der Waals surface area contributed by atoms with Crippen LogP contribution in [0.2, 0.25) is 0 Å². The van der Waals surface area contributed by atoms with Gasteiger partial charge in [0.2, 0.25) is 0 Å². The zero-order chi connectivity index (χ0) is 9.42. The van der Waals surface area contributed by atoms with Gasteiger partial charge in [-0.15, -0.1) is 0 Å². The normalized spacial score (nSPS) is 49.6. The molecule has 2 saturated heterocycles. The van der Waals surface area contributed by atoms with Gasteiger partial charge in [0.15, 0.2) is 0 Å². The van der Waals surface area contributed by atoms with Gasteiger partial charge in [-0.1, -0.05) is 0 Å². The van der Waals surface area contributed by atoms with Crippen LogP contribution in [0, 0.1) is 11.8 Å². The largest absolute Gasteiger partial charge is 0.378 e. The third-order valence-electron chi connectivity index (χ3n) is 3.58. The van der Waals surface area contributed by atoms with Crippen LogP contribution in [-0.4, -0.2) is 38.4 Å². The minimum absolute atomic E-state index is 0.439. The van der Waals surface area contributed by atoms with Crippen molar-refractivity contribution >= 4 is 0 Å². The Kier molecular flexibility index (Phi) is 2.58. The zero-order valence-electron chi connectivity index (χ0n) is 8.71. The Morgan fingerprint density at radius 3 is 2.92 bits per heavy atom. The first-order valence-corrected chi connectivity index (χ1v) is 5.26. The Morgan fingerprint density at radius 1 is 1.46 bits per heavy atom. The molecule has 3 nitrogen and oxygen atoms in total. The number of rotatable bonds is 2. The van der Waals surface area contributed by atoms with Gasteiger partial charge >= 0.3 is 0 Å². The van der Waals surface area contributed by atoms with E-state index in [1.807, 2.05) is 7.05 Å². The lowest BCUT2D eigenvalue weighted by atomic mass is 9.87. The van der Waals surface area contributed by atoms with Gasteiger partial charge in [0.1, 0.15) is 0 Å². The summed E-state index contributed by atoms with van der Waals surface area (Å²) in [5.41, 5.74) is 0. The summed E-state index contributed by atoms with van der Waals surface area (Å²) in [6, 6.07) is 1.22. The van der Waals surface area contributed by atoms with Gasteiger partial charge in [0, 0.05) is 30.5 Å². The topological polar surface area (TPSA) is 33.3 Å². The van der Waals surface area contributed by atoms with Gasteiger partial charge < -0.3 is 15.4 Å². The summed E-state index contributed by atoms with van der Waals surface area (Å²) >= 11 is 0. The molecule has 5 unspecified atom stereocenters. The van der Waals surface area contributed by atoms with Crippen LogP contribution in [0.25, 0.3) is 0 Å². The highest BCUT2D eigenvalue weighted by molar-refractivity contribution is 5.01. The van der Waals surface area contributed by atoms with Gasteiger partial charge in [0.05, 0.1) is 12.7 Å². The van der Waals surface area contributed by atoms with Crippen molar-refractivity contribution < 1.29 is 4.74 Å². The SMILES string of the molecule is CNCC1NC(C)C2C(C)OCC12. The number of hydrogen-bond donors (Lipinski definition) is 2. The Hall–Kier alpha value is -0.120. The Balaban J connectivity index is 2.04. The standard InChI is InChI=1S/C10H20N2O/c1-6-10-7(2)13-5-8(10)9(12-6)4-11-3/h6-12H,4-5H2,1-3H3. The van der Waals surface area contributed by atoms with E-state index in [0.29, 0.717) is 18.2 Å². The summed E-state index contributed by atoms with van der Waals surface area (Å²) in [7, 11) is 2.01. The third kappa shape index (κ3) is 1.49. The number of likely N-dealkylation sites (N-methyl/N-ethyl adjacent to an activating group) is 1. The lowest BCUT2D eigenvalue weighted by molar-refractivity contribution is 0.0924. The molecule has 0 amide bonds. The van der Waals surface area contributed by atoms with E-state index in [9.17, 15) is 0 Å². The third-order valence-corrected chi connectivity index (χ3v) is 3.58. The summed E-state index contributed by atoms with van der Waals surface area (Å²) in [6.45, 7) is 6.47. The van der Waals surface area contributed by atoms with Crippen LogP contribution in [0.1, 0.15) is 13.8 Å². The maximum Gasteiger partial charge on any atom is 0.0594 e. The predicted octanol–water partition coefficient (Wildman–Crippen LogP) is 0.217. The van der Waals surface area contributed by atoms with Gasteiger partial charge in [-0.25, -0.2) is 0 Å². The van der Waals surface area contributed by atoms with Crippen molar-refractivity contribution in [2.45, 2.75) is 32.0 Å². The molecule has 3 heteroatoms. The van der Waals surface area contributed by atoms with Crippen molar-refractivity contribution in [3.63, 3.8) is 0 Å². The lowest BCUT2D eigenvalue weighted by Crippen LogP contribution is -2.39.